The molecule has 0 saturated heterocycles. The molecule has 0 atom stereocenters. The predicted molar refractivity (Wildman–Crippen MR) is 119 cm³/mol. The number of hydrogen-bond donors (Lipinski definition) is 1. The smallest absolute Gasteiger partial charge is 0.324 e. The van der Waals surface area contributed by atoms with E-state index >= 15 is 0 Å². The van der Waals surface area contributed by atoms with Gasteiger partial charge < -0.3 is 10.2 Å². The molecule has 0 aliphatic heterocycles. The van der Waals surface area contributed by atoms with Crippen molar-refractivity contribution in [2.75, 3.05) is 17.3 Å². The summed E-state index contributed by atoms with van der Waals surface area (Å²) < 4.78 is 3.12. The minimum atomic E-state index is -0.473. The van der Waals surface area contributed by atoms with E-state index in [1.807, 2.05) is 48.5 Å². The van der Waals surface area contributed by atoms with Gasteiger partial charge in [0.05, 0.1) is 16.0 Å². The van der Waals surface area contributed by atoms with Crippen LogP contribution in [-0.2, 0) is 14.1 Å². The van der Waals surface area contributed by atoms with Gasteiger partial charge in [-0.15, -0.1) is 0 Å². The average molecular weight is 419 g/mol. The summed E-state index contributed by atoms with van der Waals surface area (Å²) in [5.74, 6) is 0.403. The third-order valence-corrected chi connectivity index (χ3v) is 5.21. The Kier molecular flexibility index (Phi) is 4.90. The van der Waals surface area contributed by atoms with E-state index in [-0.39, 0.29) is 28.8 Å². The summed E-state index contributed by atoms with van der Waals surface area (Å²) >= 11 is 0. The molecule has 0 aliphatic carbocycles. The van der Waals surface area contributed by atoms with E-state index in [1.54, 1.807) is 42.1 Å². The molecule has 1 N–H and O–H groups in total. The molecule has 0 saturated carbocycles. The van der Waals surface area contributed by atoms with Gasteiger partial charge in [-0.25, -0.2) is 9.78 Å². The Morgan fingerprint density at radius 2 is 1.71 bits per heavy atom. The maximum Gasteiger partial charge on any atom is 0.333 e. The summed E-state index contributed by atoms with van der Waals surface area (Å²) in [6.45, 7) is 1.58. The number of hydrogen-bond acceptors (Lipinski definition) is 7. The summed E-state index contributed by atoms with van der Waals surface area (Å²) in [5.41, 5.74) is 2.93. The van der Waals surface area contributed by atoms with E-state index in [9.17, 15) is 14.9 Å². The zero-order valence-corrected chi connectivity index (χ0v) is 17.5. The normalized spacial score (nSPS) is 11.0. The summed E-state index contributed by atoms with van der Waals surface area (Å²) in [5, 5.41) is 14.8. The Labute approximate surface area is 177 Å². The molecule has 0 radical (unpaired) electrons. The molecule has 2 heterocycles. The fourth-order valence-corrected chi connectivity index (χ4v) is 3.54. The number of aromatic nitrogens is 4. The van der Waals surface area contributed by atoms with Crippen molar-refractivity contribution < 1.29 is 4.92 Å². The molecule has 0 bridgehead atoms. The molecule has 0 aliphatic rings. The summed E-state index contributed by atoms with van der Waals surface area (Å²) in [4.78, 5) is 33.8. The SMILES string of the molecule is Cc1nc(Nc2ccc3c(c2)n(C)c(=O)n3C)nc(N(C)c2ccccc2)c1[N+](=O)[O-]. The maximum absolute atomic E-state index is 12.2. The minimum Gasteiger partial charge on any atom is -0.324 e. The Balaban J connectivity index is 1.78. The third-order valence-electron chi connectivity index (χ3n) is 5.21. The van der Waals surface area contributed by atoms with Crippen LogP contribution in [0.4, 0.5) is 28.8 Å². The van der Waals surface area contributed by atoms with Crippen LogP contribution in [0.2, 0.25) is 0 Å². The Bertz CT molecular complexity index is 1360. The van der Waals surface area contributed by atoms with Gasteiger partial charge in [0.1, 0.15) is 5.69 Å². The number of nitro groups is 1. The monoisotopic (exact) mass is 419 g/mol. The lowest BCUT2D eigenvalue weighted by molar-refractivity contribution is -0.385. The highest BCUT2D eigenvalue weighted by molar-refractivity contribution is 5.81. The number of para-hydroxylation sites is 1. The van der Waals surface area contributed by atoms with Crippen LogP contribution in [0, 0.1) is 17.0 Å². The first-order valence-corrected chi connectivity index (χ1v) is 9.52. The average Bonchev–Trinajstić information content (AvgIpc) is 2.97. The number of fused-ring (bicyclic) bond motifs is 1. The van der Waals surface area contributed by atoms with Gasteiger partial charge in [-0.3, -0.25) is 19.2 Å². The molecular formula is C21H21N7O3. The molecule has 0 spiro atoms. The molecule has 10 nitrogen and oxygen atoms in total. The second-order valence-corrected chi connectivity index (χ2v) is 7.19. The molecule has 10 heteroatoms. The van der Waals surface area contributed by atoms with Gasteiger partial charge in [0, 0.05) is 32.5 Å². The lowest BCUT2D eigenvalue weighted by Crippen LogP contribution is -2.19. The van der Waals surface area contributed by atoms with Gasteiger partial charge in [-0.2, -0.15) is 4.98 Å². The maximum atomic E-state index is 12.2. The number of imidazole rings is 1. The van der Waals surface area contributed by atoms with Crippen molar-refractivity contribution in [2.45, 2.75) is 6.92 Å². The molecule has 0 amide bonds. The van der Waals surface area contributed by atoms with Gasteiger partial charge in [-0.05, 0) is 37.3 Å². The lowest BCUT2D eigenvalue weighted by atomic mass is 10.2. The molecule has 4 aromatic rings. The first-order valence-electron chi connectivity index (χ1n) is 9.52. The number of benzene rings is 2. The minimum absolute atomic E-state index is 0.124. The van der Waals surface area contributed by atoms with Crippen molar-refractivity contribution >= 4 is 39.9 Å². The van der Waals surface area contributed by atoms with Crippen LogP contribution in [0.5, 0.6) is 0 Å². The quantitative estimate of drug-likeness (QED) is 0.390. The molecule has 2 aromatic heterocycles. The van der Waals surface area contributed by atoms with Gasteiger partial charge >= 0.3 is 11.4 Å². The Morgan fingerprint density at radius 1 is 1.03 bits per heavy atom. The van der Waals surface area contributed by atoms with Crippen LogP contribution in [0.1, 0.15) is 5.69 Å². The molecule has 158 valence electrons. The lowest BCUT2D eigenvalue weighted by Gasteiger charge is -2.19. The molecular weight excluding hydrogens is 398 g/mol. The van der Waals surface area contributed by atoms with Crippen molar-refractivity contribution in [1.82, 2.24) is 19.1 Å². The van der Waals surface area contributed by atoms with E-state index in [0.717, 1.165) is 16.7 Å². The van der Waals surface area contributed by atoms with Crippen LogP contribution in [0.3, 0.4) is 0 Å². The number of nitrogens with zero attached hydrogens (tertiary/aromatic N) is 6. The number of anilines is 4. The summed E-state index contributed by atoms with van der Waals surface area (Å²) in [7, 11) is 5.14. The topological polar surface area (TPSA) is 111 Å². The number of rotatable bonds is 5. The second-order valence-electron chi connectivity index (χ2n) is 7.19. The van der Waals surface area contributed by atoms with Crippen LogP contribution in [0.25, 0.3) is 11.0 Å². The zero-order valence-electron chi connectivity index (χ0n) is 17.5. The molecule has 31 heavy (non-hydrogen) atoms. The van der Waals surface area contributed by atoms with E-state index in [1.165, 1.54) is 0 Å². The van der Waals surface area contributed by atoms with Crippen molar-refractivity contribution in [1.29, 1.82) is 0 Å². The first-order chi connectivity index (χ1) is 14.8. The van der Waals surface area contributed by atoms with Crippen molar-refractivity contribution in [3.8, 4) is 0 Å². The van der Waals surface area contributed by atoms with Gasteiger partial charge in [0.15, 0.2) is 0 Å². The number of nitrogens with one attached hydrogen (secondary N) is 1. The highest BCUT2D eigenvalue weighted by Gasteiger charge is 2.25. The Morgan fingerprint density at radius 3 is 2.39 bits per heavy atom. The summed E-state index contributed by atoms with van der Waals surface area (Å²) in [6.07, 6.45) is 0. The van der Waals surface area contributed by atoms with Crippen molar-refractivity contribution in [2.24, 2.45) is 14.1 Å². The molecule has 2 aromatic carbocycles. The van der Waals surface area contributed by atoms with Crippen LogP contribution < -0.4 is 15.9 Å². The van der Waals surface area contributed by atoms with E-state index in [0.29, 0.717) is 5.69 Å². The molecule has 0 unspecified atom stereocenters. The van der Waals surface area contributed by atoms with Gasteiger partial charge in [0.2, 0.25) is 11.8 Å². The standard InChI is InChI=1S/C21H21N7O3/c1-13-18(28(30)31)19(25(2)15-8-6-5-7-9-15)24-20(22-13)23-14-10-11-16-17(12-14)27(4)21(29)26(16)3/h5-12H,1-4H3,(H,22,23,24). The Hall–Kier alpha value is -4.21. The highest BCUT2D eigenvalue weighted by atomic mass is 16.6. The van der Waals surface area contributed by atoms with Gasteiger partial charge in [0.25, 0.3) is 0 Å². The van der Waals surface area contributed by atoms with Crippen LogP contribution in [-0.4, -0.2) is 31.1 Å². The molecule has 4 rings (SSSR count). The molecule has 0 fully saturated rings. The van der Waals surface area contributed by atoms with E-state index in [4.69, 9.17) is 0 Å². The van der Waals surface area contributed by atoms with Gasteiger partial charge in [-0.1, -0.05) is 18.2 Å². The highest BCUT2D eigenvalue weighted by Crippen LogP contribution is 2.34. The fourth-order valence-electron chi connectivity index (χ4n) is 3.54. The van der Waals surface area contributed by atoms with Crippen molar-refractivity contribution in [3.05, 3.63) is 74.8 Å². The largest absolute Gasteiger partial charge is 0.333 e. The van der Waals surface area contributed by atoms with E-state index < -0.39 is 4.92 Å². The van der Waals surface area contributed by atoms with Crippen molar-refractivity contribution in [3.63, 3.8) is 0 Å². The van der Waals surface area contributed by atoms with E-state index in [2.05, 4.69) is 15.3 Å². The zero-order chi connectivity index (χ0) is 22.3. The number of aryl methyl sites for hydroxylation is 3. The first kappa shape index (κ1) is 20.1. The van der Waals surface area contributed by atoms with Crippen LogP contribution in [0.15, 0.2) is 53.3 Å². The second kappa shape index (κ2) is 7.56. The fraction of sp³-hybridized carbons (Fsp3) is 0.190. The predicted octanol–water partition coefficient (Wildman–Crippen LogP) is 3.40. The summed E-state index contributed by atoms with van der Waals surface area (Å²) in [6, 6.07) is 14.7. The van der Waals surface area contributed by atoms with Crippen LogP contribution >= 0.6 is 0 Å². The third kappa shape index (κ3) is 3.48.